The number of rotatable bonds is 32. The van der Waals surface area contributed by atoms with E-state index in [0.29, 0.717) is 115 Å². The van der Waals surface area contributed by atoms with Gasteiger partial charge in [-0.3, -0.25) is 0 Å². The Kier molecular flexibility index (Phi) is 23.1. The van der Waals surface area contributed by atoms with Crippen molar-refractivity contribution in [2.24, 2.45) is 0 Å². The second kappa shape index (κ2) is 32.2. The van der Waals surface area contributed by atoms with E-state index < -0.39 is 44.8 Å². The summed E-state index contributed by atoms with van der Waals surface area (Å²) in [7, 11) is 0. The minimum absolute atomic E-state index is 0.405. The molecule has 0 spiro atoms. The van der Waals surface area contributed by atoms with Crippen LogP contribution in [0.15, 0.2) is 170 Å². The Morgan fingerprint density at radius 1 is 0.207 bits per heavy atom. The molecule has 0 atom stereocenters. The molecule has 116 heavy (non-hydrogen) atoms. The maximum absolute atomic E-state index is 7.01. The molecule has 5 heterocycles. The van der Waals surface area contributed by atoms with Crippen molar-refractivity contribution >= 4 is 43.6 Å². The van der Waals surface area contributed by atoms with Gasteiger partial charge < -0.3 is 66.8 Å². The van der Waals surface area contributed by atoms with Crippen molar-refractivity contribution in [1.29, 1.82) is 0 Å². The van der Waals surface area contributed by atoms with Crippen LogP contribution in [0.3, 0.4) is 0 Å². The lowest BCUT2D eigenvalue weighted by molar-refractivity contribution is 0.0931. The molecule has 610 valence electrons. The molecule has 0 radical (unpaired) electrons. The standard InChI is InChI=1S/C100H118N4O12/c1-25-93(9,10)109-65-37-45-85(89(53-65)113-97(17,18)29-5)105-61-33-41-69-73(49-61)81-57-78-70-42-34-62(106-86-46-38-66(110-94(11,12)26-2)54-90(86)114-98(19,20)30-6)50-74(70)83(102-78)59-80-72-44-36-64(108-88-48-40-68(112-96(15,16)28-4)56-92(88)116-100(23,24)32-8)52-76(72)84(104-80)60-79-71-43-35-63(51-75(71)82(103-79)58-77(69)101-81)107-87-47-39-67(111-95(13,14)27-3)55-91(87)115-99(21,22)31-7/h33-60,101,104H,25-32H2,1-24H3. The normalized spacial score (nSPS) is 12.8. The van der Waals surface area contributed by atoms with Gasteiger partial charge >= 0.3 is 0 Å². The van der Waals surface area contributed by atoms with Gasteiger partial charge in [-0.15, -0.1) is 0 Å². The van der Waals surface area contributed by atoms with E-state index in [1.165, 1.54) is 0 Å². The summed E-state index contributed by atoms with van der Waals surface area (Å²) in [5.74, 6) is 9.55. The number of aromatic amines is 2. The van der Waals surface area contributed by atoms with E-state index in [0.717, 1.165) is 117 Å². The van der Waals surface area contributed by atoms with Crippen LogP contribution in [0.1, 0.15) is 218 Å². The first kappa shape index (κ1) is 83.0. The first-order chi connectivity index (χ1) is 54.8. The average molecular weight is 1570 g/mol. The summed E-state index contributed by atoms with van der Waals surface area (Å²) in [6.45, 7) is 50.3. The fraction of sp³-hybridized carbons (Fsp3) is 0.400. The van der Waals surface area contributed by atoms with E-state index in [2.05, 4.69) is 249 Å². The van der Waals surface area contributed by atoms with Crippen LogP contribution >= 0.6 is 0 Å². The number of benzene rings is 8. The maximum atomic E-state index is 7.01. The topological polar surface area (TPSA) is 168 Å². The highest BCUT2D eigenvalue weighted by Gasteiger charge is 2.31. The predicted molar refractivity (Wildman–Crippen MR) is 471 cm³/mol. The largest absolute Gasteiger partial charge is 0.488 e. The third kappa shape index (κ3) is 19.1. The van der Waals surface area contributed by atoms with Crippen molar-refractivity contribution in [2.75, 3.05) is 0 Å². The van der Waals surface area contributed by atoms with Crippen LogP contribution in [-0.2, 0) is 0 Å². The second-order valence-electron chi connectivity index (χ2n) is 35.6. The highest BCUT2D eigenvalue weighted by molar-refractivity contribution is 6.11. The molecule has 2 N–H and O–H groups in total. The van der Waals surface area contributed by atoms with Crippen molar-refractivity contribution < 1.29 is 56.8 Å². The molecule has 0 fully saturated rings. The van der Waals surface area contributed by atoms with Gasteiger partial charge in [-0.2, -0.15) is 0 Å². The van der Waals surface area contributed by atoms with Crippen molar-refractivity contribution in [3.8, 4) is 137 Å². The molecule has 3 aromatic heterocycles. The summed E-state index contributed by atoms with van der Waals surface area (Å²) >= 11 is 0. The number of nitrogens with zero attached hydrogens (tertiary/aromatic N) is 2. The molecule has 13 rings (SSSR count). The highest BCUT2D eigenvalue weighted by Crippen LogP contribution is 2.49. The Labute approximate surface area is 685 Å². The van der Waals surface area contributed by atoms with Gasteiger partial charge in [0, 0.05) is 90.1 Å². The van der Waals surface area contributed by atoms with E-state index >= 15 is 0 Å². The van der Waals surface area contributed by atoms with Gasteiger partial charge in [0.15, 0.2) is 46.0 Å². The zero-order valence-corrected chi connectivity index (χ0v) is 72.6. The summed E-state index contributed by atoms with van der Waals surface area (Å²) in [5.41, 5.74) is 5.72. The number of hydrogen-bond acceptors (Lipinski definition) is 14. The van der Waals surface area contributed by atoms with E-state index in [9.17, 15) is 0 Å². The first-order valence-electron chi connectivity index (χ1n) is 41.5. The van der Waals surface area contributed by atoms with Gasteiger partial charge in [0.1, 0.15) is 90.8 Å². The Morgan fingerprint density at radius 2 is 0.422 bits per heavy atom. The van der Waals surface area contributed by atoms with E-state index in [1.807, 2.05) is 97.1 Å². The molecular formula is C100H118N4O12. The lowest BCUT2D eigenvalue weighted by Crippen LogP contribution is -2.28. The molecule has 8 bridgehead atoms. The van der Waals surface area contributed by atoms with Gasteiger partial charge in [-0.25, -0.2) is 9.97 Å². The predicted octanol–water partition coefficient (Wildman–Crippen LogP) is 29.0. The van der Waals surface area contributed by atoms with E-state index in [-0.39, 0.29) is 0 Å². The fourth-order valence-electron chi connectivity index (χ4n) is 13.1. The smallest absolute Gasteiger partial charge is 0.169 e. The zero-order chi connectivity index (χ0) is 83.2. The molecule has 0 saturated carbocycles. The molecule has 11 aromatic rings. The van der Waals surface area contributed by atoms with Crippen LogP contribution in [0.5, 0.6) is 92.0 Å². The van der Waals surface area contributed by atoms with Crippen LogP contribution in [-0.4, -0.2) is 64.7 Å². The van der Waals surface area contributed by atoms with Crippen molar-refractivity contribution in [2.45, 2.75) is 262 Å². The quantitative estimate of drug-likeness (QED) is 0.0408. The highest BCUT2D eigenvalue weighted by atomic mass is 16.6. The van der Waals surface area contributed by atoms with Crippen molar-refractivity contribution in [3.63, 3.8) is 0 Å². The van der Waals surface area contributed by atoms with Crippen LogP contribution in [0.25, 0.3) is 88.6 Å². The Hall–Kier alpha value is -11.0. The molecular weight excluding hydrogens is 1450 g/mol. The summed E-state index contributed by atoms with van der Waals surface area (Å²) in [6, 6.07) is 56.4. The fourth-order valence-corrected chi connectivity index (χ4v) is 13.1. The van der Waals surface area contributed by atoms with Gasteiger partial charge in [0.05, 0.1) is 22.8 Å². The molecule has 2 aliphatic heterocycles. The second-order valence-corrected chi connectivity index (χ2v) is 35.6. The molecule has 0 saturated heterocycles. The number of nitrogens with one attached hydrogen (secondary N) is 2. The summed E-state index contributed by atoms with van der Waals surface area (Å²) in [5, 5.41) is 3.57. The SMILES string of the molecule is CCC(C)(C)Oc1ccc(Oc2ccc3c(c2)-c2cc4[nH]c(cc5nc(cc6[nH]c(cc-3n2)c2cc(Oc3ccc(OC(C)(C)CC)cc3OC(C)(C)CC)ccc62)-c2cc(Oc3ccc(OC(C)(C)CC)cc3OC(C)(C)CC)ccc2-5)c2cc(Oc3ccc(OC(C)(C)CC)cc3OC(C)(C)CC)ccc42)c(OC(C)(C)CC)c1. The minimum Gasteiger partial charge on any atom is -0.488 e. The lowest BCUT2D eigenvalue weighted by Gasteiger charge is -2.28. The number of aromatic nitrogens is 4. The monoisotopic (exact) mass is 1570 g/mol. The molecule has 0 aliphatic carbocycles. The van der Waals surface area contributed by atoms with Crippen LogP contribution in [0, 0.1) is 0 Å². The number of hydrogen-bond donors (Lipinski definition) is 2. The molecule has 0 unspecified atom stereocenters. The molecule has 16 heteroatoms. The van der Waals surface area contributed by atoms with Crippen molar-refractivity contribution in [1.82, 2.24) is 19.9 Å². The average Bonchev–Trinajstić information content (AvgIpc) is 1.59. The Balaban J connectivity index is 1.04. The van der Waals surface area contributed by atoms with Gasteiger partial charge in [0.2, 0.25) is 0 Å². The van der Waals surface area contributed by atoms with Crippen molar-refractivity contribution in [3.05, 3.63) is 170 Å². The number of ether oxygens (including phenoxy) is 12. The third-order valence-corrected chi connectivity index (χ3v) is 22.9. The molecule has 8 aromatic carbocycles. The summed E-state index contributed by atoms with van der Waals surface area (Å²) in [4.78, 5) is 19.1. The van der Waals surface area contributed by atoms with Gasteiger partial charge in [-0.05, 0) is 308 Å². The molecule has 16 nitrogen and oxygen atoms in total. The number of H-pyrrole nitrogens is 2. The minimum atomic E-state index is -0.516. The van der Waals surface area contributed by atoms with Crippen LogP contribution < -0.4 is 56.8 Å². The Morgan fingerprint density at radius 3 is 0.681 bits per heavy atom. The third-order valence-electron chi connectivity index (χ3n) is 22.9. The molecule has 0 amide bonds. The van der Waals surface area contributed by atoms with E-state index in [1.54, 1.807) is 0 Å². The summed E-state index contributed by atoms with van der Waals surface area (Å²) in [6.07, 6.45) is 6.30. The number of fused-ring (bicyclic) bond motifs is 20. The Bertz CT molecular complexity index is 5310. The summed E-state index contributed by atoms with van der Waals surface area (Å²) < 4.78 is 81.4. The van der Waals surface area contributed by atoms with Gasteiger partial charge in [0.25, 0.3) is 0 Å². The molecule has 2 aliphatic rings. The lowest BCUT2D eigenvalue weighted by atomic mass is 10.0. The zero-order valence-electron chi connectivity index (χ0n) is 72.6. The first-order valence-corrected chi connectivity index (χ1v) is 41.5. The van der Waals surface area contributed by atoms with Crippen LogP contribution in [0.2, 0.25) is 0 Å². The van der Waals surface area contributed by atoms with Crippen LogP contribution in [0.4, 0.5) is 0 Å². The van der Waals surface area contributed by atoms with E-state index in [4.69, 9.17) is 66.8 Å². The maximum Gasteiger partial charge on any atom is 0.169 e. The van der Waals surface area contributed by atoms with Gasteiger partial charge in [-0.1, -0.05) is 55.4 Å².